The van der Waals surface area contributed by atoms with E-state index < -0.39 is 11.9 Å². The molecule has 11 heteroatoms. The molecule has 2 unspecified atom stereocenters. The Morgan fingerprint density at radius 3 is 2.60 bits per heavy atom. The molecule has 2 heterocycles. The first-order valence-electron chi connectivity index (χ1n) is 10.5. The summed E-state index contributed by atoms with van der Waals surface area (Å²) in [6.07, 6.45) is 4.42. The minimum atomic E-state index is -0.991. The number of hydrogen-bond acceptors (Lipinski definition) is 9. The Balaban J connectivity index is 2.01. The van der Waals surface area contributed by atoms with E-state index in [0.29, 0.717) is 36.3 Å². The average molecular weight is 424 g/mol. The maximum Gasteiger partial charge on any atom is 0.263 e. The summed E-state index contributed by atoms with van der Waals surface area (Å²) in [5.41, 5.74) is 5.16. The standard InChI is InChI=1S/C19H33N7O4/c1-5-6-7-8-9-16(26(29)12-27)17(28)23-24-18-20-15(4)21-19(22-18)25-10-13(2)30-14(3)11-25/h12-14,16,29H,5-11H2,1-4H3,(H,23,28)(H,20,21,22,24)/t13-,14?,16?/m1/s1. The molecule has 11 nitrogen and oxygen atoms in total. The Labute approximate surface area is 177 Å². The fraction of sp³-hybridized carbons (Fsp3) is 0.737. The second kappa shape index (κ2) is 11.6. The van der Waals surface area contributed by atoms with Gasteiger partial charge < -0.3 is 9.64 Å². The van der Waals surface area contributed by atoms with Crippen LogP contribution in [0.25, 0.3) is 0 Å². The van der Waals surface area contributed by atoms with Crippen molar-refractivity contribution < 1.29 is 19.5 Å². The van der Waals surface area contributed by atoms with Gasteiger partial charge in [-0.25, -0.2) is 5.06 Å². The van der Waals surface area contributed by atoms with Crippen LogP contribution in [0.2, 0.25) is 0 Å². The first kappa shape index (κ1) is 23.7. The number of aryl methyl sites for hydroxylation is 1. The van der Waals surface area contributed by atoms with Crippen LogP contribution in [-0.4, -0.2) is 68.9 Å². The van der Waals surface area contributed by atoms with Gasteiger partial charge in [-0.2, -0.15) is 15.0 Å². The number of anilines is 2. The normalized spacial score (nSPS) is 19.8. The van der Waals surface area contributed by atoms with Gasteiger partial charge in [0.1, 0.15) is 11.9 Å². The molecule has 0 aliphatic carbocycles. The molecule has 30 heavy (non-hydrogen) atoms. The van der Waals surface area contributed by atoms with E-state index in [-0.39, 0.29) is 24.6 Å². The van der Waals surface area contributed by atoms with E-state index in [4.69, 9.17) is 4.74 Å². The summed E-state index contributed by atoms with van der Waals surface area (Å²) < 4.78 is 5.74. The van der Waals surface area contributed by atoms with E-state index in [2.05, 4.69) is 32.7 Å². The van der Waals surface area contributed by atoms with E-state index >= 15 is 0 Å². The third-order valence-corrected chi connectivity index (χ3v) is 4.80. The highest BCUT2D eigenvalue weighted by Crippen LogP contribution is 2.17. The SMILES string of the molecule is CCCCCCC(C(=O)NNc1nc(C)nc(N2CC(C)O[C@H](C)C2)n1)N(O)C=O. The molecule has 1 aromatic rings. The Hall–Kier alpha value is -2.53. The molecular formula is C19H33N7O4. The quantitative estimate of drug-likeness (QED) is 0.209. The number of hydrazine groups is 1. The Kier molecular flexibility index (Phi) is 9.18. The number of nitrogens with zero attached hydrogens (tertiary/aromatic N) is 5. The Morgan fingerprint density at radius 1 is 1.27 bits per heavy atom. The second-order valence-corrected chi connectivity index (χ2v) is 7.63. The highest BCUT2D eigenvalue weighted by Gasteiger charge is 2.26. The number of ether oxygens (including phenoxy) is 1. The maximum absolute atomic E-state index is 12.5. The topological polar surface area (TPSA) is 133 Å². The molecule has 1 saturated heterocycles. The van der Waals surface area contributed by atoms with Gasteiger partial charge in [-0.05, 0) is 27.2 Å². The summed E-state index contributed by atoms with van der Waals surface area (Å²) in [5, 5.41) is 10.2. The monoisotopic (exact) mass is 423 g/mol. The van der Waals surface area contributed by atoms with Crippen molar-refractivity contribution in [1.82, 2.24) is 25.4 Å². The van der Waals surface area contributed by atoms with Crippen molar-refractivity contribution in [2.45, 2.75) is 78.0 Å². The molecule has 0 spiro atoms. The van der Waals surface area contributed by atoms with Crippen LogP contribution >= 0.6 is 0 Å². The highest BCUT2D eigenvalue weighted by molar-refractivity contribution is 5.84. The summed E-state index contributed by atoms with van der Waals surface area (Å²) in [5.74, 6) is 0.623. The summed E-state index contributed by atoms with van der Waals surface area (Å²) in [6, 6.07) is -0.991. The van der Waals surface area contributed by atoms with E-state index in [1.165, 1.54) is 0 Å². The van der Waals surface area contributed by atoms with Crippen LogP contribution in [0, 0.1) is 6.92 Å². The summed E-state index contributed by atoms with van der Waals surface area (Å²) in [4.78, 5) is 38.4. The third-order valence-electron chi connectivity index (χ3n) is 4.80. The first-order chi connectivity index (χ1) is 14.3. The van der Waals surface area contributed by atoms with Crippen LogP contribution in [0.3, 0.4) is 0 Å². The maximum atomic E-state index is 12.5. The van der Waals surface area contributed by atoms with Crippen molar-refractivity contribution >= 4 is 24.2 Å². The zero-order chi connectivity index (χ0) is 22.1. The molecule has 1 fully saturated rings. The number of morpholine rings is 1. The van der Waals surface area contributed by atoms with Gasteiger partial charge in [0.05, 0.1) is 12.2 Å². The molecule has 0 radical (unpaired) electrons. The lowest BCUT2D eigenvalue weighted by molar-refractivity contribution is -0.167. The zero-order valence-corrected chi connectivity index (χ0v) is 18.2. The minimum absolute atomic E-state index is 0.0503. The van der Waals surface area contributed by atoms with E-state index in [0.717, 1.165) is 25.7 Å². The summed E-state index contributed by atoms with van der Waals surface area (Å²) >= 11 is 0. The van der Waals surface area contributed by atoms with Gasteiger partial charge in [0.2, 0.25) is 18.3 Å². The molecule has 3 atom stereocenters. The van der Waals surface area contributed by atoms with E-state index in [9.17, 15) is 14.8 Å². The summed E-state index contributed by atoms with van der Waals surface area (Å²) in [7, 11) is 0. The van der Waals surface area contributed by atoms with Gasteiger partial charge in [0.25, 0.3) is 5.91 Å². The fourth-order valence-electron chi connectivity index (χ4n) is 3.43. The van der Waals surface area contributed by atoms with Crippen molar-refractivity contribution in [1.29, 1.82) is 0 Å². The molecule has 1 aliphatic rings. The van der Waals surface area contributed by atoms with Gasteiger partial charge in [-0.3, -0.25) is 25.6 Å². The second-order valence-electron chi connectivity index (χ2n) is 7.63. The predicted octanol–water partition coefficient (Wildman–Crippen LogP) is 1.42. The minimum Gasteiger partial charge on any atom is -0.372 e. The number of aromatic nitrogens is 3. The molecule has 1 aromatic heterocycles. The lowest BCUT2D eigenvalue weighted by atomic mass is 10.1. The molecule has 0 bridgehead atoms. The third kappa shape index (κ3) is 7.06. The number of hydrogen-bond donors (Lipinski definition) is 3. The van der Waals surface area contributed by atoms with Gasteiger partial charge in [0, 0.05) is 13.1 Å². The van der Waals surface area contributed by atoms with Crippen LogP contribution in [0.1, 0.15) is 58.7 Å². The highest BCUT2D eigenvalue weighted by atomic mass is 16.5. The van der Waals surface area contributed by atoms with Crippen molar-refractivity contribution in [3.8, 4) is 0 Å². The Bertz CT molecular complexity index is 695. The number of unbranched alkanes of at least 4 members (excludes halogenated alkanes) is 3. The van der Waals surface area contributed by atoms with Gasteiger partial charge in [-0.1, -0.05) is 32.6 Å². The first-order valence-corrected chi connectivity index (χ1v) is 10.5. The Morgan fingerprint density at radius 2 is 1.97 bits per heavy atom. The number of hydroxylamine groups is 2. The van der Waals surface area contributed by atoms with Crippen molar-refractivity contribution in [2.75, 3.05) is 23.4 Å². The number of carbonyl (C=O) groups excluding carboxylic acids is 2. The molecule has 168 valence electrons. The molecular weight excluding hydrogens is 390 g/mol. The van der Waals surface area contributed by atoms with Crippen molar-refractivity contribution in [3.63, 3.8) is 0 Å². The molecule has 3 N–H and O–H groups in total. The number of nitrogens with one attached hydrogen (secondary N) is 2. The smallest absolute Gasteiger partial charge is 0.263 e. The van der Waals surface area contributed by atoms with Crippen LogP contribution in [0.4, 0.5) is 11.9 Å². The zero-order valence-electron chi connectivity index (χ0n) is 18.2. The van der Waals surface area contributed by atoms with Crippen LogP contribution in [0.15, 0.2) is 0 Å². The average Bonchev–Trinajstić information content (AvgIpc) is 2.70. The lowest BCUT2D eigenvalue weighted by Crippen LogP contribution is -2.47. The number of carbonyl (C=O) groups is 2. The van der Waals surface area contributed by atoms with Gasteiger partial charge >= 0.3 is 0 Å². The fourth-order valence-corrected chi connectivity index (χ4v) is 3.43. The molecule has 0 aromatic carbocycles. The molecule has 0 saturated carbocycles. The van der Waals surface area contributed by atoms with Gasteiger partial charge in [-0.15, -0.1) is 0 Å². The van der Waals surface area contributed by atoms with Crippen LogP contribution < -0.4 is 15.8 Å². The molecule has 2 amide bonds. The predicted molar refractivity (Wildman–Crippen MR) is 111 cm³/mol. The van der Waals surface area contributed by atoms with Crippen LogP contribution in [0.5, 0.6) is 0 Å². The van der Waals surface area contributed by atoms with Gasteiger partial charge in [0.15, 0.2) is 0 Å². The number of amides is 2. The molecule has 2 rings (SSSR count). The summed E-state index contributed by atoms with van der Waals surface area (Å²) in [6.45, 7) is 9.11. The number of rotatable bonds is 11. The lowest BCUT2D eigenvalue weighted by Gasteiger charge is -2.35. The van der Waals surface area contributed by atoms with E-state index in [1.54, 1.807) is 6.92 Å². The van der Waals surface area contributed by atoms with Crippen molar-refractivity contribution in [2.24, 2.45) is 0 Å². The van der Waals surface area contributed by atoms with Crippen LogP contribution in [-0.2, 0) is 14.3 Å². The van der Waals surface area contributed by atoms with Crippen molar-refractivity contribution in [3.05, 3.63) is 5.82 Å². The largest absolute Gasteiger partial charge is 0.372 e. The molecule has 1 aliphatic heterocycles. The van der Waals surface area contributed by atoms with E-state index in [1.807, 2.05) is 18.7 Å².